The van der Waals surface area contributed by atoms with Crippen molar-refractivity contribution in [3.8, 4) is 0 Å². The molecule has 0 aromatic heterocycles. The van der Waals surface area contributed by atoms with E-state index in [9.17, 15) is 4.79 Å². The first-order valence-electron chi connectivity index (χ1n) is 5.48. The number of amides is 1. The minimum absolute atomic E-state index is 0.0214. The number of piperidine rings is 1. The second-order valence-electron chi connectivity index (χ2n) is 4.62. The molecular weight excluding hydrogens is 178 g/mol. The second kappa shape index (κ2) is 4.67. The summed E-state index contributed by atoms with van der Waals surface area (Å²) in [5, 5.41) is 0. The third-order valence-corrected chi connectivity index (χ3v) is 2.69. The number of likely N-dealkylation sites (tertiary alicyclic amines) is 1. The molecular formula is C11H21NO2. The van der Waals surface area contributed by atoms with Crippen LogP contribution in [0, 0.1) is 5.92 Å². The molecule has 2 unspecified atom stereocenters. The number of hydrogen-bond acceptors (Lipinski definition) is 2. The van der Waals surface area contributed by atoms with Crippen molar-refractivity contribution in [2.45, 2.75) is 52.7 Å². The van der Waals surface area contributed by atoms with Gasteiger partial charge in [0, 0.05) is 12.6 Å². The summed E-state index contributed by atoms with van der Waals surface area (Å²) in [6.07, 6.45) is 2.13. The Hall–Kier alpha value is -0.730. The summed E-state index contributed by atoms with van der Waals surface area (Å²) < 4.78 is 5.20. The summed E-state index contributed by atoms with van der Waals surface area (Å²) in [4.78, 5) is 13.5. The number of rotatable bonds is 1. The van der Waals surface area contributed by atoms with Gasteiger partial charge in [-0.2, -0.15) is 0 Å². The summed E-state index contributed by atoms with van der Waals surface area (Å²) in [6, 6.07) is 0.331. The first-order chi connectivity index (χ1) is 6.50. The number of carbonyl (C=O) groups is 1. The Morgan fingerprint density at radius 2 is 2.00 bits per heavy atom. The first kappa shape index (κ1) is 11.3. The minimum atomic E-state index is -0.154. The monoisotopic (exact) mass is 199 g/mol. The van der Waals surface area contributed by atoms with Gasteiger partial charge >= 0.3 is 6.09 Å². The number of ether oxygens (including phenoxy) is 1. The maximum Gasteiger partial charge on any atom is 0.410 e. The number of carbonyl (C=O) groups excluding carboxylic acids is 1. The molecule has 3 nitrogen and oxygen atoms in total. The third kappa shape index (κ3) is 2.89. The fourth-order valence-corrected chi connectivity index (χ4v) is 1.81. The fraction of sp³-hybridized carbons (Fsp3) is 0.909. The molecule has 0 aromatic rings. The summed E-state index contributed by atoms with van der Waals surface area (Å²) in [5.74, 6) is 0.603. The summed E-state index contributed by atoms with van der Waals surface area (Å²) in [5.41, 5.74) is 0. The maximum absolute atomic E-state index is 11.7. The smallest absolute Gasteiger partial charge is 0.410 e. The van der Waals surface area contributed by atoms with Gasteiger partial charge in [-0.15, -0.1) is 0 Å². The van der Waals surface area contributed by atoms with Crippen LogP contribution in [0.5, 0.6) is 0 Å². The van der Waals surface area contributed by atoms with Crippen molar-refractivity contribution in [3.63, 3.8) is 0 Å². The van der Waals surface area contributed by atoms with Crippen LogP contribution in [0.3, 0.4) is 0 Å². The van der Waals surface area contributed by atoms with Crippen LogP contribution < -0.4 is 0 Å². The van der Waals surface area contributed by atoms with Crippen molar-refractivity contribution in [2.24, 2.45) is 5.92 Å². The lowest BCUT2D eigenvalue weighted by Gasteiger charge is -2.36. The van der Waals surface area contributed by atoms with Crippen molar-refractivity contribution in [1.82, 2.24) is 4.90 Å². The van der Waals surface area contributed by atoms with E-state index in [2.05, 4.69) is 13.8 Å². The van der Waals surface area contributed by atoms with E-state index in [0.717, 1.165) is 13.0 Å². The van der Waals surface area contributed by atoms with Gasteiger partial charge in [0.1, 0.15) is 0 Å². The van der Waals surface area contributed by atoms with Crippen LogP contribution in [0.15, 0.2) is 0 Å². The molecule has 1 fully saturated rings. The highest BCUT2D eigenvalue weighted by Gasteiger charge is 2.28. The quantitative estimate of drug-likeness (QED) is 0.649. The van der Waals surface area contributed by atoms with Crippen LogP contribution in [0.1, 0.15) is 40.5 Å². The highest BCUT2D eigenvalue weighted by molar-refractivity contribution is 5.68. The van der Waals surface area contributed by atoms with E-state index >= 15 is 0 Å². The SMILES string of the molecule is CC1CCC(C)N(C(=O)OC(C)C)C1. The molecule has 0 aromatic carbocycles. The average Bonchev–Trinajstić information content (AvgIpc) is 2.08. The van der Waals surface area contributed by atoms with E-state index in [1.54, 1.807) is 0 Å². The average molecular weight is 199 g/mol. The molecule has 1 aliphatic rings. The van der Waals surface area contributed by atoms with Crippen molar-refractivity contribution in [1.29, 1.82) is 0 Å². The third-order valence-electron chi connectivity index (χ3n) is 2.69. The molecule has 0 saturated carbocycles. The Labute approximate surface area is 86.4 Å². The van der Waals surface area contributed by atoms with Crippen molar-refractivity contribution in [2.75, 3.05) is 6.54 Å². The van der Waals surface area contributed by atoms with Gasteiger partial charge in [0.15, 0.2) is 0 Å². The van der Waals surface area contributed by atoms with Crippen molar-refractivity contribution < 1.29 is 9.53 Å². The van der Waals surface area contributed by atoms with E-state index in [0.29, 0.717) is 12.0 Å². The standard InChI is InChI=1S/C11H21NO2/c1-8(2)14-11(13)12-7-9(3)5-6-10(12)4/h8-10H,5-7H2,1-4H3. The van der Waals surface area contributed by atoms with Crippen molar-refractivity contribution in [3.05, 3.63) is 0 Å². The lowest BCUT2D eigenvalue weighted by atomic mass is 9.96. The van der Waals surface area contributed by atoms with E-state index in [4.69, 9.17) is 4.74 Å². The molecule has 0 bridgehead atoms. The van der Waals surface area contributed by atoms with Crippen LogP contribution in [0.4, 0.5) is 4.79 Å². The second-order valence-corrected chi connectivity index (χ2v) is 4.62. The summed E-state index contributed by atoms with van der Waals surface area (Å²) in [7, 11) is 0. The van der Waals surface area contributed by atoms with Gasteiger partial charge in [-0.05, 0) is 39.5 Å². The van der Waals surface area contributed by atoms with Gasteiger partial charge < -0.3 is 9.64 Å². The zero-order valence-electron chi connectivity index (χ0n) is 9.62. The summed E-state index contributed by atoms with van der Waals surface area (Å²) >= 11 is 0. The van der Waals surface area contributed by atoms with Gasteiger partial charge in [0.05, 0.1) is 6.10 Å². The van der Waals surface area contributed by atoms with E-state index in [-0.39, 0.29) is 12.2 Å². The van der Waals surface area contributed by atoms with Crippen molar-refractivity contribution >= 4 is 6.09 Å². The fourth-order valence-electron chi connectivity index (χ4n) is 1.81. The Bertz CT molecular complexity index is 203. The normalized spacial score (nSPS) is 27.9. The number of hydrogen-bond donors (Lipinski definition) is 0. The Morgan fingerprint density at radius 3 is 2.57 bits per heavy atom. The Balaban J connectivity index is 2.51. The minimum Gasteiger partial charge on any atom is -0.447 e. The molecule has 14 heavy (non-hydrogen) atoms. The lowest BCUT2D eigenvalue weighted by Crippen LogP contribution is -2.45. The van der Waals surface area contributed by atoms with Crippen LogP contribution in [0.2, 0.25) is 0 Å². The van der Waals surface area contributed by atoms with Crippen LogP contribution in [0.25, 0.3) is 0 Å². The van der Waals surface area contributed by atoms with Crippen LogP contribution in [-0.4, -0.2) is 29.7 Å². The molecule has 82 valence electrons. The molecule has 1 heterocycles. The van der Waals surface area contributed by atoms with Crippen LogP contribution in [-0.2, 0) is 4.74 Å². The molecule has 3 heteroatoms. The van der Waals surface area contributed by atoms with Gasteiger partial charge in [-0.1, -0.05) is 6.92 Å². The maximum atomic E-state index is 11.7. The van der Waals surface area contributed by atoms with E-state index in [1.165, 1.54) is 6.42 Å². The predicted octanol–water partition coefficient (Wildman–Crippen LogP) is 2.65. The van der Waals surface area contributed by atoms with Gasteiger partial charge in [-0.3, -0.25) is 0 Å². The highest BCUT2D eigenvalue weighted by atomic mass is 16.6. The van der Waals surface area contributed by atoms with Gasteiger partial charge in [0.2, 0.25) is 0 Å². The number of nitrogens with zero attached hydrogens (tertiary/aromatic N) is 1. The molecule has 0 N–H and O–H groups in total. The molecule has 1 rings (SSSR count). The van der Waals surface area contributed by atoms with Crippen LogP contribution >= 0.6 is 0 Å². The molecule has 0 spiro atoms. The lowest BCUT2D eigenvalue weighted by molar-refractivity contribution is 0.0472. The zero-order valence-corrected chi connectivity index (χ0v) is 9.62. The molecule has 1 amide bonds. The van der Waals surface area contributed by atoms with Gasteiger partial charge in [-0.25, -0.2) is 4.79 Å². The molecule has 0 aliphatic carbocycles. The van der Waals surface area contributed by atoms with Gasteiger partial charge in [0.25, 0.3) is 0 Å². The zero-order chi connectivity index (χ0) is 10.7. The van der Waals surface area contributed by atoms with E-state index in [1.807, 2.05) is 18.7 Å². The largest absolute Gasteiger partial charge is 0.447 e. The molecule has 1 saturated heterocycles. The Morgan fingerprint density at radius 1 is 1.36 bits per heavy atom. The highest BCUT2D eigenvalue weighted by Crippen LogP contribution is 2.22. The Kier molecular flexibility index (Phi) is 3.78. The molecule has 1 aliphatic heterocycles. The predicted molar refractivity (Wildman–Crippen MR) is 56.2 cm³/mol. The van der Waals surface area contributed by atoms with E-state index < -0.39 is 0 Å². The first-order valence-corrected chi connectivity index (χ1v) is 5.48. The summed E-state index contributed by atoms with van der Waals surface area (Å²) in [6.45, 7) is 8.88. The molecule has 2 atom stereocenters. The topological polar surface area (TPSA) is 29.5 Å². The molecule has 0 radical (unpaired) electrons.